The van der Waals surface area contributed by atoms with Crippen molar-refractivity contribution in [2.24, 2.45) is 28.6 Å². The molecule has 10 heteroatoms. The minimum Gasteiger partial charge on any atom is -0.441 e. The first-order valence-electron chi connectivity index (χ1n) is 16.2. The molecule has 0 heterocycles. The molecule has 4 fully saturated rings. The fourth-order valence-electron chi connectivity index (χ4n) is 9.58. The van der Waals surface area contributed by atoms with E-state index in [-0.39, 0.29) is 24.2 Å². The average Bonchev–Trinajstić information content (AvgIpc) is 3.58. The lowest BCUT2D eigenvalue weighted by atomic mass is 9.44. The highest BCUT2D eigenvalue weighted by Crippen LogP contribution is 2.70. The number of allylic oxidation sites excluding steroid dienone is 4. The van der Waals surface area contributed by atoms with Gasteiger partial charge in [-0.3, -0.25) is 19.7 Å². The van der Waals surface area contributed by atoms with Crippen LogP contribution < -0.4 is 10.6 Å². The molecule has 4 N–H and O–H groups in total. The molecule has 0 bridgehead atoms. The standard InChI is InChI=1S/C35H43FN2O7/c1-20-16-27-26-13-10-22-17-25(39)14-15-32(22,2)34(26,36)28(40)18-33(27,3)35(20,44)29(41)19-45-31(43)38-24-11-8-21(9-12-24)30(42)37-23-6-4-5-7-23/h8-9,11-12,14-15,17,20,23,26-28,40,44H,4-7,10,13,16,18-19H2,1-3H3,(H,37,42)(H,38,43)/t20-,26+,27+,28+,32+,33+,34+,35+/m1/s1. The molecule has 5 aliphatic rings. The molecule has 1 aromatic carbocycles. The molecular weight excluding hydrogens is 579 g/mol. The first-order valence-corrected chi connectivity index (χ1v) is 16.2. The second kappa shape index (κ2) is 11.2. The number of nitrogens with one attached hydrogen (secondary N) is 2. The van der Waals surface area contributed by atoms with Crippen LogP contribution in [0.1, 0.15) is 82.5 Å². The third-order valence-electron chi connectivity index (χ3n) is 12.1. The number of aliphatic hydroxyl groups excluding tert-OH is 1. The third kappa shape index (κ3) is 4.78. The number of carbonyl (C=O) groups is 4. The Kier molecular flexibility index (Phi) is 7.84. The van der Waals surface area contributed by atoms with Crippen molar-refractivity contribution in [2.45, 2.75) is 95.6 Å². The zero-order valence-electron chi connectivity index (χ0n) is 26.1. The first kappa shape index (κ1) is 31.6. The lowest BCUT2D eigenvalue weighted by Gasteiger charge is -2.62. The van der Waals surface area contributed by atoms with E-state index in [1.54, 1.807) is 51.1 Å². The minimum absolute atomic E-state index is 0.158. The Morgan fingerprint density at radius 1 is 1.07 bits per heavy atom. The molecule has 5 aliphatic carbocycles. The molecule has 0 aliphatic heterocycles. The quantitative estimate of drug-likeness (QED) is 0.356. The number of Topliss-reactive ketones (excluding diaryl/α,β-unsaturated/α-hetero) is 1. The Bertz CT molecular complexity index is 1470. The van der Waals surface area contributed by atoms with Gasteiger partial charge in [0, 0.05) is 34.0 Å². The second-order valence-corrected chi connectivity index (χ2v) is 14.3. The van der Waals surface area contributed by atoms with Crippen LogP contribution in [0.2, 0.25) is 0 Å². The summed E-state index contributed by atoms with van der Waals surface area (Å²) in [5.74, 6) is -2.71. The Morgan fingerprint density at radius 2 is 1.76 bits per heavy atom. The summed E-state index contributed by atoms with van der Waals surface area (Å²) in [7, 11) is 0. The second-order valence-electron chi connectivity index (χ2n) is 14.3. The number of anilines is 1. The predicted molar refractivity (Wildman–Crippen MR) is 164 cm³/mol. The van der Waals surface area contributed by atoms with Gasteiger partial charge in [-0.05, 0) is 93.7 Å². The van der Waals surface area contributed by atoms with E-state index in [1.807, 2.05) is 0 Å². The molecular formula is C35H43FN2O7. The molecule has 0 saturated heterocycles. The number of carbonyl (C=O) groups excluding carboxylic acids is 4. The Balaban J connectivity index is 1.12. The van der Waals surface area contributed by atoms with Crippen LogP contribution in [0.4, 0.5) is 14.9 Å². The number of halogens is 1. The summed E-state index contributed by atoms with van der Waals surface area (Å²) in [4.78, 5) is 50.9. The van der Waals surface area contributed by atoms with Crippen molar-refractivity contribution in [3.05, 3.63) is 53.6 Å². The first-order chi connectivity index (χ1) is 21.2. The van der Waals surface area contributed by atoms with Gasteiger partial charge in [0.15, 0.2) is 18.1 Å². The maximum Gasteiger partial charge on any atom is 0.412 e. The van der Waals surface area contributed by atoms with Crippen molar-refractivity contribution in [1.82, 2.24) is 5.32 Å². The van der Waals surface area contributed by atoms with Crippen molar-refractivity contribution < 1.29 is 38.5 Å². The summed E-state index contributed by atoms with van der Waals surface area (Å²) < 4.78 is 22.6. The summed E-state index contributed by atoms with van der Waals surface area (Å²) in [6.45, 7) is 4.50. The summed E-state index contributed by atoms with van der Waals surface area (Å²) in [5.41, 5.74) is -4.86. The number of benzene rings is 1. The van der Waals surface area contributed by atoms with Gasteiger partial charge in [-0.2, -0.15) is 0 Å². The third-order valence-corrected chi connectivity index (χ3v) is 12.1. The molecule has 9 nitrogen and oxygen atoms in total. The summed E-state index contributed by atoms with van der Waals surface area (Å²) >= 11 is 0. The van der Waals surface area contributed by atoms with E-state index in [0.29, 0.717) is 36.1 Å². The van der Waals surface area contributed by atoms with Crippen LogP contribution in [-0.2, 0) is 14.3 Å². The number of aliphatic hydroxyl groups is 2. The molecule has 45 heavy (non-hydrogen) atoms. The lowest BCUT2D eigenvalue weighted by Crippen LogP contribution is -2.69. The normalized spacial score (nSPS) is 38.9. The molecule has 242 valence electrons. The largest absolute Gasteiger partial charge is 0.441 e. The number of hydrogen-bond donors (Lipinski definition) is 4. The summed E-state index contributed by atoms with van der Waals surface area (Å²) in [6, 6.07) is 6.52. The highest BCUT2D eigenvalue weighted by atomic mass is 19.1. The molecule has 2 amide bonds. The van der Waals surface area contributed by atoms with E-state index in [0.717, 1.165) is 25.7 Å². The number of ether oxygens (including phenoxy) is 1. The van der Waals surface area contributed by atoms with Crippen molar-refractivity contribution in [2.75, 3.05) is 11.9 Å². The zero-order chi connectivity index (χ0) is 32.4. The van der Waals surface area contributed by atoms with E-state index < -0.39 is 64.4 Å². The number of alkyl halides is 1. The van der Waals surface area contributed by atoms with Gasteiger partial charge >= 0.3 is 6.09 Å². The zero-order valence-corrected chi connectivity index (χ0v) is 26.1. The van der Waals surface area contributed by atoms with Crippen LogP contribution >= 0.6 is 0 Å². The van der Waals surface area contributed by atoms with Gasteiger partial charge in [0.25, 0.3) is 5.91 Å². The number of ketones is 2. The van der Waals surface area contributed by atoms with E-state index in [1.165, 1.54) is 12.2 Å². The molecule has 0 radical (unpaired) electrons. The van der Waals surface area contributed by atoms with Gasteiger partial charge in [0.1, 0.15) is 5.60 Å². The number of fused-ring (bicyclic) bond motifs is 5. The highest BCUT2D eigenvalue weighted by Gasteiger charge is 2.75. The van der Waals surface area contributed by atoms with Crippen LogP contribution in [0.25, 0.3) is 0 Å². The van der Waals surface area contributed by atoms with Crippen molar-refractivity contribution in [3.8, 4) is 0 Å². The average molecular weight is 623 g/mol. The Labute approximate surface area is 262 Å². The van der Waals surface area contributed by atoms with Crippen LogP contribution in [-0.4, -0.2) is 63.8 Å². The predicted octanol–water partition coefficient (Wildman–Crippen LogP) is 4.82. The van der Waals surface area contributed by atoms with E-state index in [4.69, 9.17) is 4.74 Å². The molecule has 6 rings (SSSR count). The topological polar surface area (TPSA) is 142 Å². The molecule has 0 unspecified atom stereocenters. The van der Waals surface area contributed by atoms with Crippen molar-refractivity contribution in [1.29, 1.82) is 0 Å². The maximum absolute atomic E-state index is 17.3. The van der Waals surface area contributed by atoms with Crippen molar-refractivity contribution >= 4 is 29.3 Å². The highest BCUT2D eigenvalue weighted by molar-refractivity contribution is 6.01. The van der Waals surface area contributed by atoms with Gasteiger partial charge in [-0.25, -0.2) is 9.18 Å². The van der Waals surface area contributed by atoms with Crippen LogP contribution in [0.3, 0.4) is 0 Å². The summed E-state index contributed by atoms with van der Waals surface area (Å²) in [5, 5.41) is 29.1. The molecule has 4 saturated carbocycles. The van der Waals surface area contributed by atoms with Gasteiger partial charge in [0.05, 0.1) is 6.10 Å². The van der Waals surface area contributed by atoms with Gasteiger partial charge in [0.2, 0.25) is 5.78 Å². The van der Waals surface area contributed by atoms with E-state index in [9.17, 15) is 29.4 Å². The molecule has 8 atom stereocenters. The maximum atomic E-state index is 17.3. The number of hydrogen-bond acceptors (Lipinski definition) is 7. The Hall–Kier alpha value is -3.37. The number of rotatable bonds is 6. The van der Waals surface area contributed by atoms with E-state index in [2.05, 4.69) is 10.6 Å². The number of amides is 2. The smallest absolute Gasteiger partial charge is 0.412 e. The lowest BCUT2D eigenvalue weighted by molar-refractivity contribution is -0.219. The van der Waals surface area contributed by atoms with Crippen molar-refractivity contribution in [3.63, 3.8) is 0 Å². The molecule has 0 aromatic heterocycles. The fourth-order valence-corrected chi connectivity index (χ4v) is 9.58. The van der Waals surface area contributed by atoms with Crippen LogP contribution in [0.15, 0.2) is 48.1 Å². The minimum atomic E-state index is -2.07. The monoisotopic (exact) mass is 622 g/mol. The van der Waals surface area contributed by atoms with Crippen LogP contribution in [0.5, 0.6) is 0 Å². The molecule has 0 spiro atoms. The summed E-state index contributed by atoms with van der Waals surface area (Å²) in [6.07, 6.45) is 7.25. The SMILES string of the molecule is C[C@@H]1C[C@H]2[C@@H]3CCC4=CC(=O)C=C[C@]4(C)[C@@]3(F)[C@@H](O)C[C@]2(C)[C@@]1(O)C(=O)COC(=O)Nc1ccc(C(=O)NC2CCCC2)cc1. The van der Waals surface area contributed by atoms with Gasteiger partial charge in [-0.1, -0.05) is 38.3 Å². The van der Waals surface area contributed by atoms with Gasteiger partial charge in [-0.15, -0.1) is 0 Å². The fraction of sp³-hybridized carbons (Fsp3) is 0.600. The van der Waals surface area contributed by atoms with E-state index >= 15 is 4.39 Å². The Morgan fingerprint density at radius 3 is 2.44 bits per heavy atom. The molecule has 1 aromatic rings. The van der Waals surface area contributed by atoms with Crippen LogP contribution in [0, 0.1) is 28.6 Å². The van der Waals surface area contributed by atoms with Gasteiger partial charge < -0.3 is 20.3 Å².